The van der Waals surface area contributed by atoms with Crippen LogP contribution in [0.5, 0.6) is 0 Å². The number of sulfonamides is 1. The Morgan fingerprint density at radius 3 is 2.38 bits per heavy atom. The summed E-state index contributed by atoms with van der Waals surface area (Å²) in [5, 5.41) is 2.87. The van der Waals surface area contributed by atoms with Crippen molar-refractivity contribution in [3.8, 4) is 0 Å². The fourth-order valence-electron chi connectivity index (χ4n) is 4.90. The van der Waals surface area contributed by atoms with Crippen molar-refractivity contribution in [1.29, 1.82) is 0 Å². The fourth-order valence-corrected chi connectivity index (χ4v) is 6.36. The van der Waals surface area contributed by atoms with Crippen molar-refractivity contribution in [3.05, 3.63) is 66.1 Å². The average Bonchev–Trinajstić information content (AvgIpc) is 3.40. The number of aromatic nitrogens is 2. The van der Waals surface area contributed by atoms with Gasteiger partial charge >= 0.3 is 0 Å². The maximum absolute atomic E-state index is 13.2. The molecular weight excluding hydrogens is 492 g/mol. The Kier molecular flexibility index (Phi) is 7.27. The molecule has 0 spiro atoms. The van der Waals surface area contributed by atoms with E-state index in [0.717, 1.165) is 37.4 Å². The molecule has 2 aromatic heterocycles. The standard InChI is InChI=1S/C26H32N6O4S/c1-29-14-16-30(17-15-29)26(34)21-8-11-32(12-9-21)37(35,36)23-5-2-20(3-6-23)18-28-25(33)22-4-7-24-27-10-13-31(24)19-22/h2-7,10,13,19,21H,8-9,11-12,14-18H2,1H3,(H,28,33). The number of hydrogen-bond acceptors (Lipinski definition) is 6. The molecule has 0 unspecified atom stereocenters. The van der Waals surface area contributed by atoms with Gasteiger partial charge in [-0.3, -0.25) is 9.59 Å². The summed E-state index contributed by atoms with van der Waals surface area (Å²) in [5.74, 6) is -0.182. The van der Waals surface area contributed by atoms with Crippen molar-refractivity contribution in [2.45, 2.75) is 24.3 Å². The van der Waals surface area contributed by atoms with Crippen LogP contribution in [0.3, 0.4) is 0 Å². The minimum absolute atomic E-state index is 0.115. The normalized spacial score (nSPS) is 18.2. The second-order valence-electron chi connectivity index (χ2n) is 9.74. The molecule has 2 amide bonds. The van der Waals surface area contributed by atoms with Crippen LogP contribution in [0, 0.1) is 5.92 Å². The van der Waals surface area contributed by atoms with E-state index in [2.05, 4.69) is 22.2 Å². The van der Waals surface area contributed by atoms with Crippen LogP contribution in [-0.2, 0) is 21.4 Å². The van der Waals surface area contributed by atoms with Crippen molar-refractivity contribution in [2.75, 3.05) is 46.3 Å². The first-order valence-corrected chi connectivity index (χ1v) is 14.0. The smallest absolute Gasteiger partial charge is 0.253 e. The molecule has 1 N–H and O–H groups in total. The monoisotopic (exact) mass is 524 g/mol. The van der Waals surface area contributed by atoms with Gasteiger partial charge in [0.25, 0.3) is 5.91 Å². The summed E-state index contributed by atoms with van der Waals surface area (Å²) in [4.78, 5) is 33.9. The summed E-state index contributed by atoms with van der Waals surface area (Å²) in [6, 6.07) is 10.1. The number of carbonyl (C=O) groups excluding carboxylic acids is 2. The molecule has 4 heterocycles. The number of hydrogen-bond donors (Lipinski definition) is 1. The minimum Gasteiger partial charge on any atom is -0.348 e. The summed E-state index contributed by atoms with van der Waals surface area (Å²) in [6.07, 6.45) is 6.25. The molecule has 1 aromatic carbocycles. The van der Waals surface area contributed by atoms with Crippen LogP contribution in [0.15, 0.2) is 59.9 Å². The van der Waals surface area contributed by atoms with Crippen LogP contribution in [0.1, 0.15) is 28.8 Å². The third-order valence-electron chi connectivity index (χ3n) is 7.28. The minimum atomic E-state index is -3.64. The van der Waals surface area contributed by atoms with E-state index >= 15 is 0 Å². The fraction of sp³-hybridized carbons (Fsp3) is 0.423. The van der Waals surface area contributed by atoms with Crippen LogP contribution >= 0.6 is 0 Å². The molecule has 2 saturated heterocycles. The molecule has 196 valence electrons. The molecule has 37 heavy (non-hydrogen) atoms. The van der Waals surface area contributed by atoms with Crippen molar-refractivity contribution >= 4 is 27.5 Å². The zero-order chi connectivity index (χ0) is 26.0. The number of fused-ring (bicyclic) bond motifs is 1. The molecule has 0 bridgehead atoms. The number of carbonyl (C=O) groups is 2. The Morgan fingerprint density at radius 1 is 0.973 bits per heavy atom. The number of piperidine rings is 1. The lowest BCUT2D eigenvalue weighted by molar-refractivity contribution is -0.138. The predicted octanol–water partition coefficient (Wildman–Crippen LogP) is 1.44. The highest BCUT2D eigenvalue weighted by Gasteiger charge is 2.34. The van der Waals surface area contributed by atoms with Gasteiger partial charge in [-0.2, -0.15) is 4.31 Å². The number of imidazole rings is 1. The summed E-state index contributed by atoms with van der Waals surface area (Å²) in [6.45, 7) is 4.18. The Hall–Kier alpha value is -3.28. The number of pyridine rings is 1. The number of piperazine rings is 1. The molecule has 10 nitrogen and oxygen atoms in total. The van der Waals surface area contributed by atoms with E-state index in [1.54, 1.807) is 59.4 Å². The van der Waals surface area contributed by atoms with E-state index in [-0.39, 0.29) is 29.2 Å². The van der Waals surface area contributed by atoms with Gasteiger partial charge in [-0.05, 0) is 49.7 Å². The van der Waals surface area contributed by atoms with Gasteiger partial charge in [0.15, 0.2) is 0 Å². The summed E-state index contributed by atoms with van der Waals surface area (Å²) in [7, 11) is -1.59. The highest BCUT2D eigenvalue weighted by atomic mass is 32.2. The zero-order valence-electron chi connectivity index (χ0n) is 20.9. The second kappa shape index (κ2) is 10.6. The lowest BCUT2D eigenvalue weighted by atomic mass is 9.96. The van der Waals surface area contributed by atoms with E-state index in [1.165, 1.54) is 4.31 Å². The molecule has 11 heteroatoms. The maximum atomic E-state index is 13.2. The number of nitrogens with zero attached hydrogens (tertiary/aromatic N) is 5. The van der Waals surface area contributed by atoms with Gasteiger partial charge in [-0.1, -0.05) is 12.1 Å². The molecule has 0 aliphatic carbocycles. The van der Waals surface area contributed by atoms with Gasteiger partial charge in [0.2, 0.25) is 15.9 Å². The second-order valence-corrected chi connectivity index (χ2v) is 11.7. The molecule has 5 rings (SSSR count). The van der Waals surface area contributed by atoms with Gasteiger partial charge in [-0.15, -0.1) is 0 Å². The van der Waals surface area contributed by atoms with Crippen molar-refractivity contribution in [2.24, 2.45) is 5.92 Å². The van der Waals surface area contributed by atoms with E-state index in [4.69, 9.17) is 0 Å². The van der Waals surface area contributed by atoms with Gasteiger partial charge in [0.05, 0.1) is 10.5 Å². The quantitative estimate of drug-likeness (QED) is 0.523. The molecule has 2 fully saturated rings. The van der Waals surface area contributed by atoms with Crippen LogP contribution < -0.4 is 5.32 Å². The highest BCUT2D eigenvalue weighted by molar-refractivity contribution is 7.89. The van der Waals surface area contributed by atoms with E-state index in [1.807, 2.05) is 4.90 Å². The summed E-state index contributed by atoms with van der Waals surface area (Å²) in [5.41, 5.74) is 2.07. The Morgan fingerprint density at radius 2 is 1.68 bits per heavy atom. The van der Waals surface area contributed by atoms with Crippen LogP contribution in [0.4, 0.5) is 0 Å². The van der Waals surface area contributed by atoms with Crippen LogP contribution in [-0.4, -0.2) is 90.0 Å². The summed E-state index contributed by atoms with van der Waals surface area (Å²) >= 11 is 0. The number of nitrogens with one attached hydrogen (secondary N) is 1. The van der Waals surface area contributed by atoms with Gasteiger partial charge in [-0.25, -0.2) is 13.4 Å². The van der Waals surface area contributed by atoms with E-state index in [9.17, 15) is 18.0 Å². The Bertz CT molecular complexity index is 1370. The first-order valence-electron chi connectivity index (χ1n) is 12.6. The van der Waals surface area contributed by atoms with E-state index < -0.39 is 10.0 Å². The Balaban J connectivity index is 1.14. The van der Waals surface area contributed by atoms with Crippen molar-refractivity contribution < 1.29 is 18.0 Å². The first-order chi connectivity index (χ1) is 17.8. The average molecular weight is 525 g/mol. The van der Waals surface area contributed by atoms with Crippen molar-refractivity contribution in [3.63, 3.8) is 0 Å². The predicted molar refractivity (Wildman–Crippen MR) is 138 cm³/mol. The molecule has 2 aliphatic heterocycles. The van der Waals surface area contributed by atoms with Crippen LogP contribution in [0.2, 0.25) is 0 Å². The molecule has 0 radical (unpaired) electrons. The third kappa shape index (κ3) is 5.53. The lowest BCUT2D eigenvalue weighted by Crippen LogP contribution is -2.50. The Labute approximate surface area is 216 Å². The summed E-state index contributed by atoms with van der Waals surface area (Å²) < 4.78 is 29.6. The van der Waals surface area contributed by atoms with Gasteiger partial charge in [0, 0.05) is 70.3 Å². The molecular formula is C26H32N6O4S. The number of rotatable bonds is 6. The third-order valence-corrected chi connectivity index (χ3v) is 9.20. The maximum Gasteiger partial charge on any atom is 0.253 e. The highest BCUT2D eigenvalue weighted by Crippen LogP contribution is 2.26. The van der Waals surface area contributed by atoms with Gasteiger partial charge < -0.3 is 19.5 Å². The topological polar surface area (TPSA) is 107 Å². The van der Waals surface area contributed by atoms with Gasteiger partial charge in [0.1, 0.15) is 5.65 Å². The molecule has 2 aliphatic rings. The molecule has 0 saturated carbocycles. The molecule has 3 aromatic rings. The number of amides is 2. The SMILES string of the molecule is CN1CCN(C(=O)C2CCN(S(=O)(=O)c3ccc(CNC(=O)c4ccc5nccn5c4)cc3)CC2)CC1. The largest absolute Gasteiger partial charge is 0.348 e. The lowest BCUT2D eigenvalue weighted by Gasteiger charge is -2.37. The zero-order valence-corrected chi connectivity index (χ0v) is 21.7. The van der Waals surface area contributed by atoms with E-state index in [0.29, 0.717) is 31.5 Å². The first kappa shape index (κ1) is 25.4. The number of likely N-dealkylation sites (N-methyl/N-ethyl adjacent to an activating group) is 1. The number of benzene rings is 1. The molecule has 0 atom stereocenters. The van der Waals surface area contributed by atoms with Crippen molar-refractivity contribution in [1.82, 2.24) is 28.8 Å². The van der Waals surface area contributed by atoms with Crippen LogP contribution in [0.25, 0.3) is 5.65 Å².